The molecular weight excluding hydrogens is 160 g/mol. The van der Waals surface area contributed by atoms with Crippen molar-refractivity contribution in [2.24, 2.45) is 11.5 Å². The van der Waals surface area contributed by atoms with Gasteiger partial charge in [-0.1, -0.05) is 0 Å². The predicted octanol–water partition coefficient (Wildman–Crippen LogP) is -0.163. The number of hydrogen-bond donors (Lipinski definition) is 2. The summed E-state index contributed by atoms with van der Waals surface area (Å²) in [4.78, 5) is 10.7. The van der Waals surface area contributed by atoms with Crippen molar-refractivity contribution in [3.05, 3.63) is 0 Å². The Morgan fingerprint density at radius 3 is 1.75 bits per heavy atom. The summed E-state index contributed by atoms with van der Waals surface area (Å²) in [5, 5.41) is 0. The van der Waals surface area contributed by atoms with E-state index in [1.807, 2.05) is 0 Å². The van der Waals surface area contributed by atoms with Crippen LogP contribution in [0.4, 0.5) is 4.79 Å². The van der Waals surface area contributed by atoms with Gasteiger partial charge in [-0.05, 0) is 25.9 Å². The van der Waals surface area contributed by atoms with Crippen molar-refractivity contribution in [3.8, 4) is 0 Å². The van der Waals surface area contributed by atoms with E-state index in [0.717, 1.165) is 0 Å². The third-order valence-electron chi connectivity index (χ3n) is 1.14. The minimum absolute atomic E-state index is 0.317. The number of carbonyl (C=O) groups excluding carboxylic acids is 1. The van der Waals surface area contributed by atoms with Crippen molar-refractivity contribution in [1.29, 1.82) is 0 Å². The number of carbonyl (C=O) groups is 1. The molecule has 0 aromatic heterocycles. The SMILES string of the molecule is NCCCOC(=O)OCCCN. The first-order chi connectivity index (χ1) is 5.81. The molecule has 0 saturated heterocycles. The van der Waals surface area contributed by atoms with Crippen molar-refractivity contribution in [2.45, 2.75) is 12.8 Å². The summed E-state index contributed by atoms with van der Waals surface area (Å²) in [5.41, 5.74) is 10.4. The molecular formula is C7H16N2O3. The quantitative estimate of drug-likeness (QED) is 0.433. The Bertz CT molecular complexity index is 107. The third kappa shape index (κ3) is 7.30. The van der Waals surface area contributed by atoms with Crippen LogP contribution in [0.5, 0.6) is 0 Å². The van der Waals surface area contributed by atoms with Crippen LogP contribution >= 0.6 is 0 Å². The van der Waals surface area contributed by atoms with Gasteiger partial charge < -0.3 is 20.9 Å². The van der Waals surface area contributed by atoms with Crippen LogP contribution in [0.25, 0.3) is 0 Å². The van der Waals surface area contributed by atoms with Crippen molar-refractivity contribution < 1.29 is 14.3 Å². The first-order valence-electron chi connectivity index (χ1n) is 4.01. The lowest BCUT2D eigenvalue weighted by Gasteiger charge is -2.04. The number of nitrogens with two attached hydrogens (primary N) is 2. The summed E-state index contributed by atoms with van der Waals surface area (Å²) >= 11 is 0. The maximum Gasteiger partial charge on any atom is 0.508 e. The van der Waals surface area contributed by atoms with E-state index in [9.17, 15) is 4.79 Å². The fraction of sp³-hybridized carbons (Fsp3) is 0.857. The number of rotatable bonds is 6. The summed E-state index contributed by atoms with van der Waals surface area (Å²) in [6, 6.07) is 0. The van der Waals surface area contributed by atoms with Gasteiger partial charge in [0.25, 0.3) is 0 Å². The molecule has 0 amide bonds. The number of ether oxygens (including phenoxy) is 2. The molecule has 5 nitrogen and oxygen atoms in total. The lowest BCUT2D eigenvalue weighted by atomic mass is 10.5. The first-order valence-corrected chi connectivity index (χ1v) is 4.01. The highest BCUT2D eigenvalue weighted by molar-refractivity contribution is 5.59. The minimum Gasteiger partial charge on any atom is -0.434 e. The fourth-order valence-corrected chi connectivity index (χ4v) is 0.519. The standard InChI is InChI=1S/C7H16N2O3/c8-3-1-5-11-7(10)12-6-2-4-9/h1-6,8-9H2. The van der Waals surface area contributed by atoms with Gasteiger partial charge in [0.1, 0.15) is 0 Å². The normalized spacial score (nSPS) is 9.50. The molecule has 0 unspecified atom stereocenters. The molecule has 0 aliphatic rings. The van der Waals surface area contributed by atoms with E-state index in [2.05, 4.69) is 9.47 Å². The molecule has 12 heavy (non-hydrogen) atoms. The summed E-state index contributed by atoms with van der Waals surface area (Å²) in [7, 11) is 0. The van der Waals surface area contributed by atoms with Gasteiger partial charge >= 0.3 is 6.16 Å². The van der Waals surface area contributed by atoms with Gasteiger partial charge in [0.2, 0.25) is 0 Å². The lowest BCUT2D eigenvalue weighted by molar-refractivity contribution is 0.0547. The van der Waals surface area contributed by atoms with Crippen LogP contribution in [-0.4, -0.2) is 32.5 Å². The number of hydrogen-bond acceptors (Lipinski definition) is 5. The topological polar surface area (TPSA) is 87.6 Å². The van der Waals surface area contributed by atoms with Gasteiger partial charge in [-0.15, -0.1) is 0 Å². The minimum atomic E-state index is -0.642. The Kier molecular flexibility index (Phi) is 7.73. The molecule has 0 fully saturated rings. The average molecular weight is 176 g/mol. The second-order valence-corrected chi connectivity index (χ2v) is 2.23. The Hall–Kier alpha value is -0.810. The summed E-state index contributed by atoms with van der Waals surface area (Å²) in [6.07, 6.45) is 0.676. The van der Waals surface area contributed by atoms with Crippen LogP contribution in [0, 0.1) is 0 Å². The fourth-order valence-electron chi connectivity index (χ4n) is 0.519. The summed E-state index contributed by atoms with van der Waals surface area (Å²) in [5.74, 6) is 0. The van der Waals surface area contributed by atoms with Gasteiger partial charge in [-0.3, -0.25) is 0 Å². The molecule has 0 bridgehead atoms. The first kappa shape index (κ1) is 11.2. The summed E-state index contributed by atoms with van der Waals surface area (Å²) < 4.78 is 9.29. The second kappa shape index (κ2) is 8.29. The van der Waals surface area contributed by atoms with Crippen LogP contribution in [-0.2, 0) is 9.47 Å². The lowest BCUT2D eigenvalue weighted by Crippen LogP contribution is -2.13. The highest BCUT2D eigenvalue weighted by atomic mass is 16.7. The van der Waals surface area contributed by atoms with Crippen molar-refractivity contribution >= 4 is 6.16 Å². The molecule has 0 atom stereocenters. The third-order valence-corrected chi connectivity index (χ3v) is 1.14. The largest absolute Gasteiger partial charge is 0.508 e. The Morgan fingerprint density at radius 1 is 1.00 bits per heavy atom. The maximum absolute atomic E-state index is 10.7. The molecule has 72 valence electrons. The van der Waals surface area contributed by atoms with Crippen LogP contribution in [0.2, 0.25) is 0 Å². The van der Waals surface area contributed by atoms with Gasteiger partial charge in [-0.25, -0.2) is 4.79 Å². The molecule has 0 radical (unpaired) electrons. The van der Waals surface area contributed by atoms with Gasteiger partial charge in [0.15, 0.2) is 0 Å². The van der Waals surface area contributed by atoms with Crippen molar-refractivity contribution in [3.63, 3.8) is 0 Å². The second-order valence-electron chi connectivity index (χ2n) is 2.23. The van der Waals surface area contributed by atoms with E-state index < -0.39 is 6.16 Å². The van der Waals surface area contributed by atoms with E-state index in [1.165, 1.54) is 0 Å². The van der Waals surface area contributed by atoms with E-state index in [4.69, 9.17) is 11.5 Å². The van der Waals surface area contributed by atoms with Crippen molar-refractivity contribution in [1.82, 2.24) is 0 Å². The maximum atomic E-state index is 10.7. The molecule has 0 aromatic rings. The molecule has 5 heteroatoms. The predicted molar refractivity (Wildman–Crippen MR) is 44.6 cm³/mol. The van der Waals surface area contributed by atoms with E-state index in [0.29, 0.717) is 39.1 Å². The van der Waals surface area contributed by atoms with Crippen LogP contribution in [0.15, 0.2) is 0 Å². The van der Waals surface area contributed by atoms with Crippen molar-refractivity contribution in [2.75, 3.05) is 26.3 Å². The molecule has 0 rings (SSSR count). The van der Waals surface area contributed by atoms with Gasteiger partial charge in [0.05, 0.1) is 13.2 Å². The molecule has 0 spiro atoms. The Morgan fingerprint density at radius 2 is 1.42 bits per heavy atom. The Balaban J connectivity index is 3.10. The molecule has 0 aromatic carbocycles. The zero-order chi connectivity index (χ0) is 9.23. The smallest absolute Gasteiger partial charge is 0.434 e. The van der Waals surface area contributed by atoms with E-state index >= 15 is 0 Å². The molecule has 4 N–H and O–H groups in total. The zero-order valence-electron chi connectivity index (χ0n) is 7.12. The van der Waals surface area contributed by atoms with Gasteiger partial charge in [-0.2, -0.15) is 0 Å². The Labute approximate surface area is 72.0 Å². The molecule has 0 aliphatic heterocycles. The van der Waals surface area contributed by atoms with Gasteiger partial charge in [0, 0.05) is 0 Å². The molecule has 0 aliphatic carbocycles. The van der Waals surface area contributed by atoms with E-state index in [-0.39, 0.29) is 0 Å². The summed E-state index contributed by atoms with van der Waals surface area (Å²) in [6.45, 7) is 1.65. The monoisotopic (exact) mass is 176 g/mol. The zero-order valence-corrected chi connectivity index (χ0v) is 7.12. The van der Waals surface area contributed by atoms with Crippen LogP contribution in [0.3, 0.4) is 0 Å². The van der Waals surface area contributed by atoms with E-state index in [1.54, 1.807) is 0 Å². The highest BCUT2D eigenvalue weighted by Gasteiger charge is 2.01. The average Bonchev–Trinajstić information content (AvgIpc) is 2.06. The molecule has 0 saturated carbocycles. The van der Waals surface area contributed by atoms with Crippen LogP contribution < -0.4 is 11.5 Å². The molecule has 0 heterocycles. The van der Waals surface area contributed by atoms with Crippen LogP contribution in [0.1, 0.15) is 12.8 Å². The highest BCUT2D eigenvalue weighted by Crippen LogP contribution is 1.88.